The van der Waals surface area contributed by atoms with Crippen molar-refractivity contribution in [3.05, 3.63) is 54.5 Å². The van der Waals surface area contributed by atoms with E-state index in [1.54, 1.807) is 24.5 Å². The van der Waals surface area contributed by atoms with Gasteiger partial charge in [-0.2, -0.15) is 0 Å². The lowest BCUT2D eigenvalue weighted by molar-refractivity contribution is -0.134. The first kappa shape index (κ1) is 20.6. The topological polar surface area (TPSA) is 120 Å². The standard InChI is InChI=1S/C22H16N6O3.C2H6/c29-17-7-6-15(21(30)27-17)28-16-10-25-20(12-3-1-4-13(18(12)16)22(28)31)26-14-9-24-19-11(14)5-2-8-23-19;1-2/h1-5,8-10,15H,6-7H2,(H,23,24)(H,25,26)(H,27,29,30);1-2H3. The van der Waals surface area contributed by atoms with Gasteiger partial charge in [0.15, 0.2) is 0 Å². The Morgan fingerprint density at radius 3 is 2.70 bits per heavy atom. The van der Waals surface area contributed by atoms with Crippen LogP contribution in [0.3, 0.4) is 0 Å². The minimum absolute atomic E-state index is 0.196. The molecule has 0 spiro atoms. The Kier molecular flexibility index (Phi) is 5.01. The highest BCUT2D eigenvalue weighted by Gasteiger charge is 2.41. The molecule has 3 amide bonds. The van der Waals surface area contributed by atoms with Crippen LogP contribution in [0.5, 0.6) is 0 Å². The Bertz CT molecular complexity index is 1430. The Morgan fingerprint density at radius 2 is 1.88 bits per heavy atom. The van der Waals surface area contributed by atoms with Crippen LogP contribution in [-0.2, 0) is 9.59 Å². The summed E-state index contributed by atoms with van der Waals surface area (Å²) in [5, 5.41) is 8.11. The normalized spacial score (nSPS) is 17.2. The molecule has 3 aromatic heterocycles. The number of benzene rings is 1. The number of anilines is 3. The van der Waals surface area contributed by atoms with Crippen molar-refractivity contribution in [1.29, 1.82) is 0 Å². The predicted molar refractivity (Wildman–Crippen MR) is 125 cm³/mol. The number of fused-ring (bicyclic) bond motifs is 1. The number of aromatic amines is 1. The summed E-state index contributed by atoms with van der Waals surface area (Å²) in [6.45, 7) is 4.00. The summed E-state index contributed by atoms with van der Waals surface area (Å²) in [5.74, 6) is -0.436. The molecule has 33 heavy (non-hydrogen) atoms. The number of imide groups is 1. The number of amides is 3. The number of carbonyl (C=O) groups excluding carboxylic acids is 3. The first-order valence-corrected chi connectivity index (χ1v) is 10.9. The largest absolute Gasteiger partial charge is 0.344 e. The average molecular weight is 442 g/mol. The molecule has 9 nitrogen and oxygen atoms in total. The van der Waals surface area contributed by atoms with E-state index in [1.807, 2.05) is 38.2 Å². The molecule has 0 radical (unpaired) electrons. The molecular weight excluding hydrogens is 420 g/mol. The van der Waals surface area contributed by atoms with E-state index in [9.17, 15) is 14.4 Å². The molecule has 3 N–H and O–H groups in total. The van der Waals surface area contributed by atoms with Crippen molar-refractivity contribution in [3.8, 4) is 0 Å². The fourth-order valence-electron chi connectivity index (χ4n) is 4.41. The summed E-state index contributed by atoms with van der Waals surface area (Å²) < 4.78 is 0. The number of pyridine rings is 2. The highest BCUT2D eigenvalue weighted by molar-refractivity contribution is 6.28. The monoisotopic (exact) mass is 442 g/mol. The summed E-state index contributed by atoms with van der Waals surface area (Å²) in [7, 11) is 0. The van der Waals surface area contributed by atoms with Gasteiger partial charge >= 0.3 is 0 Å². The summed E-state index contributed by atoms with van der Waals surface area (Å²) in [6.07, 6.45) is 5.63. The first-order valence-electron chi connectivity index (χ1n) is 10.9. The maximum absolute atomic E-state index is 13.2. The van der Waals surface area contributed by atoms with Crippen molar-refractivity contribution in [2.24, 2.45) is 0 Å². The third-order valence-electron chi connectivity index (χ3n) is 5.83. The summed E-state index contributed by atoms with van der Waals surface area (Å²) in [4.78, 5) is 50.7. The highest BCUT2D eigenvalue weighted by Crippen LogP contribution is 2.42. The number of piperidine rings is 1. The molecule has 166 valence electrons. The molecule has 1 saturated heterocycles. The van der Waals surface area contributed by atoms with Gasteiger partial charge < -0.3 is 10.3 Å². The Morgan fingerprint density at radius 1 is 1.06 bits per heavy atom. The van der Waals surface area contributed by atoms with E-state index in [0.717, 1.165) is 27.5 Å². The minimum Gasteiger partial charge on any atom is -0.344 e. The SMILES string of the molecule is CC.O=C1CCC(N2C(=O)c3cccc4c(Nc5c[nH]c6ncccc56)ncc2c34)C(=O)N1. The zero-order valence-corrected chi connectivity index (χ0v) is 18.2. The number of H-pyrrole nitrogens is 1. The zero-order valence-electron chi connectivity index (χ0n) is 18.2. The van der Waals surface area contributed by atoms with Gasteiger partial charge in [0.05, 0.1) is 23.1 Å². The van der Waals surface area contributed by atoms with Crippen LogP contribution in [0.4, 0.5) is 17.2 Å². The Labute approximate surface area is 189 Å². The lowest BCUT2D eigenvalue weighted by Crippen LogP contribution is -2.53. The quantitative estimate of drug-likeness (QED) is 0.417. The van der Waals surface area contributed by atoms with E-state index in [-0.39, 0.29) is 24.7 Å². The van der Waals surface area contributed by atoms with Crippen molar-refractivity contribution in [3.63, 3.8) is 0 Å². The molecular formula is C24H22N6O3. The van der Waals surface area contributed by atoms with Crippen LogP contribution >= 0.6 is 0 Å². The Hall–Kier alpha value is -4.27. The molecule has 0 bridgehead atoms. The van der Waals surface area contributed by atoms with Crippen LogP contribution in [0.2, 0.25) is 0 Å². The summed E-state index contributed by atoms with van der Waals surface area (Å²) in [6, 6.07) is 8.53. The second-order valence-corrected chi connectivity index (χ2v) is 7.59. The van der Waals surface area contributed by atoms with E-state index < -0.39 is 11.9 Å². The van der Waals surface area contributed by atoms with E-state index in [4.69, 9.17) is 0 Å². The highest BCUT2D eigenvalue weighted by atomic mass is 16.2. The lowest BCUT2D eigenvalue weighted by Gasteiger charge is -2.30. The van der Waals surface area contributed by atoms with Crippen LogP contribution < -0.4 is 15.5 Å². The van der Waals surface area contributed by atoms with Crippen LogP contribution in [0, 0.1) is 0 Å². The van der Waals surface area contributed by atoms with Gasteiger partial charge in [-0.1, -0.05) is 26.0 Å². The van der Waals surface area contributed by atoms with E-state index in [2.05, 4.69) is 25.6 Å². The third kappa shape index (κ3) is 3.20. The predicted octanol–water partition coefficient (Wildman–Crippen LogP) is 3.65. The van der Waals surface area contributed by atoms with Gasteiger partial charge in [-0.15, -0.1) is 0 Å². The van der Waals surface area contributed by atoms with E-state index in [1.165, 1.54) is 4.90 Å². The second kappa shape index (κ2) is 8.01. The second-order valence-electron chi connectivity index (χ2n) is 7.59. The molecule has 9 heteroatoms. The van der Waals surface area contributed by atoms with Crippen LogP contribution in [0.15, 0.2) is 48.9 Å². The molecule has 0 saturated carbocycles. The van der Waals surface area contributed by atoms with E-state index >= 15 is 0 Å². The Balaban J connectivity index is 0.00000111. The molecule has 1 atom stereocenters. The molecule has 2 aliphatic rings. The van der Waals surface area contributed by atoms with Crippen molar-refractivity contribution in [2.45, 2.75) is 32.7 Å². The van der Waals surface area contributed by atoms with Gasteiger partial charge in [0.2, 0.25) is 11.8 Å². The molecule has 4 aromatic rings. The fraction of sp³-hybridized carbons (Fsp3) is 0.208. The number of nitrogens with zero attached hydrogens (tertiary/aromatic N) is 3. The third-order valence-corrected chi connectivity index (χ3v) is 5.83. The van der Waals surface area contributed by atoms with E-state index in [0.29, 0.717) is 17.1 Å². The van der Waals surface area contributed by atoms with Gasteiger partial charge in [0.25, 0.3) is 5.91 Å². The molecule has 1 fully saturated rings. The fourth-order valence-corrected chi connectivity index (χ4v) is 4.41. The molecule has 1 aromatic carbocycles. The van der Waals surface area contributed by atoms with Crippen molar-refractivity contribution < 1.29 is 14.4 Å². The van der Waals surface area contributed by atoms with Crippen LogP contribution in [0.25, 0.3) is 21.8 Å². The van der Waals surface area contributed by atoms with Crippen molar-refractivity contribution in [1.82, 2.24) is 20.3 Å². The van der Waals surface area contributed by atoms with Gasteiger partial charge in [0.1, 0.15) is 17.5 Å². The molecule has 1 unspecified atom stereocenters. The van der Waals surface area contributed by atoms with Gasteiger partial charge in [-0.25, -0.2) is 9.97 Å². The molecule has 6 rings (SSSR count). The minimum atomic E-state index is -0.735. The van der Waals surface area contributed by atoms with Crippen molar-refractivity contribution >= 4 is 56.7 Å². The van der Waals surface area contributed by atoms with Crippen molar-refractivity contribution in [2.75, 3.05) is 10.2 Å². The number of aromatic nitrogens is 3. The average Bonchev–Trinajstić information content (AvgIpc) is 3.37. The lowest BCUT2D eigenvalue weighted by atomic mass is 10.0. The van der Waals surface area contributed by atoms with Gasteiger partial charge in [-0.05, 0) is 24.6 Å². The maximum atomic E-state index is 13.2. The molecule has 5 heterocycles. The number of hydrogen-bond donors (Lipinski definition) is 3. The number of hydrogen-bond acceptors (Lipinski definition) is 6. The number of rotatable bonds is 3. The maximum Gasteiger partial charge on any atom is 0.259 e. The summed E-state index contributed by atoms with van der Waals surface area (Å²) >= 11 is 0. The van der Waals surface area contributed by atoms with Crippen LogP contribution in [-0.4, -0.2) is 38.7 Å². The number of carbonyl (C=O) groups is 3. The summed E-state index contributed by atoms with van der Waals surface area (Å²) in [5.41, 5.74) is 2.68. The van der Waals surface area contributed by atoms with Gasteiger partial charge in [0, 0.05) is 35.0 Å². The van der Waals surface area contributed by atoms with Gasteiger partial charge in [-0.3, -0.25) is 24.6 Å². The molecule has 2 aliphatic heterocycles. The first-order chi connectivity index (χ1) is 16.1. The number of nitrogens with one attached hydrogen (secondary N) is 3. The molecule has 0 aliphatic carbocycles. The van der Waals surface area contributed by atoms with Crippen LogP contribution in [0.1, 0.15) is 37.0 Å². The zero-order chi connectivity index (χ0) is 23.1. The smallest absolute Gasteiger partial charge is 0.259 e.